The molecule has 3 N–H and O–H groups in total. The van der Waals surface area contributed by atoms with Crippen molar-refractivity contribution >= 4 is 11.9 Å². The van der Waals surface area contributed by atoms with Crippen LogP contribution in [0.3, 0.4) is 0 Å². The van der Waals surface area contributed by atoms with Crippen molar-refractivity contribution in [2.24, 2.45) is 0 Å². The summed E-state index contributed by atoms with van der Waals surface area (Å²) in [5.74, 6) is -0.488. The number of aliphatic hydroxyl groups excluding tert-OH is 2. The van der Waals surface area contributed by atoms with Gasteiger partial charge in [-0.15, -0.1) is 0 Å². The summed E-state index contributed by atoms with van der Waals surface area (Å²) < 4.78 is 5.92. The van der Waals surface area contributed by atoms with Gasteiger partial charge in [-0.3, -0.25) is 9.59 Å². The van der Waals surface area contributed by atoms with E-state index in [9.17, 15) is 19.8 Å². The molecule has 0 aromatic heterocycles. The molecule has 0 aromatic carbocycles. The molecule has 0 radical (unpaired) electrons. The van der Waals surface area contributed by atoms with Gasteiger partial charge in [0, 0.05) is 6.42 Å². The minimum atomic E-state index is -0.789. The molecule has 0 saturated carbocycles. The second kappa shape index (κ2) is 48.4. The number of carbonyl (C=O) groups is 2. The molecule has 0 spiro atoms. The normalized spacial score (nSPS) is 13.3. The van der Waals surface area contributed by atoms with Crippen molar-refractivity contribution in [3.8, 4) is 0 Å². The monoisotopic (exact) mass is 846 g/mol. The molecule has 0 aliphatic rings. The second-order valence-electron chi connectivity index (χ2n) is 18.3. The van der Waals surface area contributed by atoms with Gasteiger partial charge in [0.1, 0.15) is 6.10 Å². The molecule has 0 rings (SSSR count). The molecule has 0 saturated heterocycles. The lowest BCUT2D eigenvalue weighted by Crippen LogP contribution is -2.46. The average molecular weight is 846 g/mol. The number of hydrogen-bond donors (Lipinski definition) is 3. The van der Waals surface area contributed by atoms with Crippen molar-refractivity contribution in [1.29, 1.82) is 0 Å². The van der Waals surface area contributed by atoms with Crippen molar-refractivity contribution in [1.82, 2.24) is 5.32 Å². The standard InChI is InChI=1S/C54H103NO5/c1-4-7-10-13-16-19-22-25-27-29-31-34-37-40-43-46-52(57)51(49-56)55-53(58)48-50(45-42-39-36-33-30-28-26-23-20-17-14-11-8-5-2)60-54(59)47-44-41-38-35-32-24-21-18-15-12-9-6-3/h18,21,28,30,50-52,56-57H,4-17,19-20,22-27,29,31-49H2,1-3H3,(H,55,58)/b21-18-,30-28+. The van der Waals surface area contributed by atoms with Gasteiger partial charge in [-0.05, 0) is 77.0 Å². The molecular formula is C54H103NO5. The maximum Gasteiger partial charge on any atom is 0.306 e. The van der Waals surface area contributed by atoms with Gasteiger partial charge in [0.25, 0.3) is 0 Å². The highest BCUT2D eigenvalue weighted by molar-refractivity contribution is 5.77. The summed E-state index contributed by atoms with van der Waals surface area (Å²) in [7, 11) is 0. The number of hydrogen-bond acceptors (Lipinski definition) is 5. The second-order valence-corrected chi connectivity index (χ2v) is 18.3. The van der Waals surface area contributed by atoms with E-state index < -0.39 is 18.2 Å². The Morgan fingerprint density at radius 1 is 0.467 bits per heavy atom. The molecule has 3 unspecified atom stereocenters. The van der Waals surface area contributed by atoms with Crippen LogP contribution in [0.4, 0.5) is 0 Å². The molecule has 0 fully saturated rings. The molecule has 1 amide bonds. The first-order chi connectivity index (χ1) is 29.5. The predicted octanol–water partition coefficient (Wildman–Crippen LogP) is 15.9. The first-order valence-electron chi connectivity index (χ1n) is 26.6. The number of allylic oxidation sites excluding steroid dienone is 4. The van der Waals surface area contributed by atoms with Crippen LogP contribution in [-0.2, 0) is 14.3 Å². The number of ether oxygens (including phenoxy) is 1. The highest BCUT2D eigenvalue weighted by Crippen LogP contribution is 2.18. The van der Waals surface area contributed by atoms with Crippen LogP contribution in [0.15, 0.2) is 24.3 Å². The van der Waals surface area contributed by atoms with Gasteiger partial charge < -0.3 is 20.3 Å². The first kappa shape index (κ1) is 58.3. The third kappa shape index (κ3) is 43.0. The van der Waals surface area contributed by atoms with Crippen LogP contribution in [0.1, 0.15) is 284 Å². The summed E-state index contributed by atoms with van der Waals surface area (Å²) in [4.78, 5) is 26.1. The number of amides is 1. The molecule has 354 valence electrons. The Hall–Kier alpha value is -1.66. The van der Waals surface area contributed by atoms with Crippen LogP contribution >= 0.6 is 0 Å². The van der Waals surface area contributed by atoms with E-state index >= 15 is 0 Å². The SMILES string of the molecule is CCCCC/C=C\CCCCCCCC(=O)OC(CCCCC/C=C/CCCCCCCCC)CC(=O)NC(CO)C(O)CCCCCCCCCCCCCCCCC. The molecule has 0 aliphatic carbocycles. The Morgan fingerprint density at radius 2 is 0.800 bits per heavy atom. The Bertz CT molecular complexity index is 950. The van der Waals surface area contributed by atoms with E-state index in [1.807, 2.05) is 0 Å². The fourth-order valence-corrected chi connectivity index (χ4v) is 8.19. The average Bonchev–Trinajstić information content (AvgIpc) is 3.24. The van der Waals surface area contributed by atoms with Gasteiger partial charge in [0.2, 0.25) is 5.91 Å². The zero-order valence-corrected chi connectivity index (χ0v) is 40.4. The summed E-state index contributed by atoms with van der Waals surface area (Å²) in [5.41, 5.74) is 0. The lowest BCUT2D eigenvalue weighted by molar-refractivity contribution is -0.151. The first-order valence-corrected chi connectivity index (χ1v) is 26.6. The summed E-state index contributed by atoms with van der Waals surface area (Å²) in [6.45, 7) is 6.47. The van der Waals surface area contributed by atoms with Crippen LogP contribution in [0.2, 0.25) is 0 Å². The van der Waals surface area contributed by atoms with Crippen molar-refractivity contribution in [3.63, 3.8) is 0 Å². The van der Waals surface area contributed by atoms with E-state index in [0.29, 0.717) is 19.3 Å². The smallest absolute Gasteiger partial charge is 0.306 e. The van der Waals surface area contributed by atoms with E-state index in [1.165, 1.54) is 173 Å². The lowest BCUT2D eigenvalue weighted by atomic mass is 10.0. The Balaban J connectivity index is 4.55. The van der Waals surface area contributed by atoms with Gasteiger partial charge >= 0.3 is 5.97 Å². The largest absolute Gasteiger partial charge is 0.462 e. The quantitative estimate of drug-likeness (QED) is 0.0322. The molecule has 6 heteroatoms. The summed E-state index contributed by atoms with van der Waals surface area (Å²) in [6.07, 6.45) is 55.2. The van der Waals surface area contributed by atoms with Crippen molar-refractivity contribution in [2.75, 3.05) is 6.61 Å². The van der Waals surface area contributed by atoms with Crippen LogP contribution in [0.5, 0.6) is 0 Å². The van der Waals surface area contributed by atoms with E-state index in [-0.39, 0.29) is 24.9 Å². The molecule has 6 nitrogen and oxygen atoms in total. The van der Waals surface area contributed by atoms with Gasteiger partial charge in [-0.1, -0.05) is 218 Å². The van der Waals surface area contributed by atoms with Gasteiger partial charge in [0.15, 0.2) is 0 Å². The molecule has 3 atom stereocenters. The Morgan fingerprint density at radius 3 is 1.23 bits per heavy atom. The topological polar surface area (TPSA) is 95.9 Å². The molecule has 0 aliphatic heterocycles. The lowest BCUT2D eigenvalue weighted by Gasteiger charge is -2.24. The van der Waals surface area contributed by atoms with E-state index in [4.69, 9.17) is 4.74 Å². The fourth-order valence-electron chi connectivity index (χ4n) is 8.19. The van der Waals surface area contributed by atoms with Crippen molar-refractivity contribution < 1.29 is 24.5 Å². The number of carbonyl (C=O) groups excluding carboxylic acids is 2. The number of aliphatic hydroxyl groups is 2. The highest BCUT2D eigenvalue weighted by Gasteiger charge is 2.24. The van der Waals surface area contributed by atoms with Gasteiger partial charge in [0.05, 0.1) is 25.2 Å². The third-order valence-corrected chi connectivity index (χ3v) is 12.3. The molecular weight excluding hydrogens is 743 g/mol. The molecule has 0 aromatic rings. The van der Waals surface area contributed by atoms with Crippen molar-refractivity contribution in [2.45, 2.75) is 302 Å². The number of esters is 1. The number of rotatable bonds is 48. The van der Waals surface area contributed by atoms with Crippen LogP contribution in [-0.4, -0.2) is 46.9 Å². The summed E-state index contributed by atoms with van der Waals surface area (Å²) in [6, 6.07) is -0.704. The number of unbranched alkanes of at least 4 members (excludes halogenated alkanes) is 32. The van der Waals surface area contributed by atoms with Crippen molar-refractivity contribution in [3.05, 3.63) is 24.3 Å². The number of nitrogens with one attached hydrogen (secondary N) is 1. The van der Waals surface area contributed by atoms with E-state index in [1.54, 1.807) is 0 Å². The minimum absolute atomic E-state index is 0.0677. The fraction of sp³-hybridized carbons (Fsp3) is 0.889. The maximum absolute atomic E-state index is 13.2. The molecule has 0 heterocycles. The molecule has 0 bridgehead atoms. The summed E-state index contributed by atoms with van der Waals surface area (Å²) >= 11 is 0. The minimum Gasteiger partial charge on any atom is -0.462 e. The summed E-state index contributed by atoms with van der Waals surface area (Å²) in [5, 5.41) is 23.8. The maximum atomic E-state index is 13.2. The Kier molecular flexibility index (Phi) is 47.0. The predicted molar refractivity (Wildman–Crippen MR) is 260 cm³/mol. The van der Waals surface area contributed by atoms with Crippen LogP contribution in [0.25, 0.3) is 0 Å². The third-order valence-electron chi connectivity index (χ3n) is 12.3. The van der Waals surface area contributed by atoms with E-state index in [2.05, 4.69) is 50.4 Å². The zero-order valence-electron chi connectivity index (χ0n) is 40.4. The van der Waals surface area contributed by atoms with Gasteiger partial charge in [-0.2, -0.15) is 0 Å². The highest BCUT2D eigenvalue weighted by atomic mass is 16.5. The van der Waals surface area contributed by atoms with Crippen LogP contribution < -0.4 is 5.32 Å². The Labute approximate surface area is 373 Å². The molecule has 60 heavy (non-hydrogen) atoms. The van der Waals surface area contributed by atoms with Gasteiger partial charge in [-0.25, -0.2) is 0 Å². The van der Waals surface area contributed by atoms with E-state index in [0.717, 1.165) is 64.2 Å². The zero-order chi connectivity index (χ0) is 43.8. The van der Waals surface area contributed by atoms with Crippen LogP contribution in [0, 0.1) is 0 Å².